The average molecular weight is 553 g/mol. The summed E-state index contributed by atoms with van der Waals surface area (Å²) in [6.07, 6.45) is -3.08. The zero-order valence-electron chi connectivity index (χ0n) is 23.5. The largest absolute Gasteiger partial charge is 0.494 e. The third-order valence-corrected chi connectivity index (χ3v) is 6.99. The molecule has 10 nitrogen and oxygen atoms in total. The van der Waals surface area contributed by atoms with Gasteiger partial charge < -0.3 is 24.5 Å². The number of carboxylic acid groups (broad SMARTS) is 1. The minimum absolute atomic E-state index is 0.166. The van der Waals surface area contributed by atoms with Crippen LogP contribution < -0.4 is 16.2 Å². The first-order chi connectivity index (χ1) is 17.9. The van der Waals surface area contributed by atoms with Gasteiger partial charge in [-0.3, -0.25) is 14.6 Å². The van der Waals surface area contributed by atoms with Crippen molar-refractivity contribution in [1.29, 1.82) is 0 Å². The molecule has 216 valence electrons. The van der Waals surface area contributed by atoms with Crippen molar-refractivity contribution in [2.24, 2.45) is 0 Å². The van der Waals surface area contributed by atoms with Crippen LogP contribution in [-0.2, 0) is 30.1 Å². The van der Waals surface area contributed by atoms with E-state index >= 15 is 0 Å². The first-order valence-corrected chi connectivity index (χ1v) is 13.0. The number of carboxylic acids is 1. The minimum atomic E-state index is -2.81. The summed E-state index contributed by atoms with van der Waals surface area (Å²) < 4.78 is 45.2. The number of hydrogen-bond acceptors (Lipinski definition) is 7. The molecule has 0 saturated carbocycles. The molecule has 13 heteroatoms. The summed E-state index contributed by atoms with van der Waals surface area (Å²) >= 11 is 0. The molecule has 2 fully saturated rings. The number of halogens is 2. The van der Waals surface area contributed by atoms with Gasteiger partial charge in [0.15, 0.2) is 0 Å². The molecule has 3 rings (SSSR count). The lowest BCUT2D eigenvalue weighted by Crippen LogP contribution is -2.60. The Morgan fingerprint density at radius 3 is 2.33 bits per heavy atom. The van der Waals surface area contributed by atoms with E-state index in [1.54, 1.807) is 26.8 Å². The van der Waals surface area contributed by atoms with Crippen LogP contribution >= 0.6 is 0 Å². The lowest BCUT2D eigenvalue weighted by Gasteiger charge is -2.34. The summed E-state index contributed by atoms with van der Waals surface area (Å²) in [5.41, 5.74) is 0.824. The molecule has 1 aromatic rings. The van der Waals surface area contributed by atoms with Crippen molar-refractivity contribution >= 4 is 30.6 Å². The number of carbonyl (C=O) groups is 3. The highest BCUT2D eigenvalue weighted by molar-refractivity contribution is 6.62. The van der Waals surface area contributed by atoms with Gasteiger partial charge in [-0.15, -0.1) is 0 Å². The molecule has 0 spiro atoms. The number of alkyl halides is 2. The SMILES string of the molecule is CC(C)(C)OC(=O)N[C@@H](Cc1cc(B2OC(C)(C)C(C)(C)O2)cc(C(F)F)c1)C(=O)N1CCCC(C(=O)O)N1. The van der Waals surface area contributed by atoms with Gasteiger partial charge in [0.2, 0.25) is 0 Å². The van der Waals surface area contributed by atoms with E-state index in [1.807, 2.05) is 27.7 Å². The lowest BCUT2D eigenvalue weighted by molar-refractivity contribution is -0.147. The molecule has 2 aliphatic rings. The monoisotopic (exact) mass is 553 g/mol. The van der Waals surface area contributed by atoms with E-state index in [0.717, 1.165) is 5.01 Å². The van der Waals surface area contributed by atoms with Crippen LogP contribution in [-0.4, -0.2) is 70.6 Å². The molecule has 1 unspecified atom stereocenters. The first kappa shape index (κ1) is 30.8. The van der Waals surface area contributed by atoms with Crippen molar-refractivity contribution in [2.75, 3.05) is 6.54 Å². The molecule has 39 heavy (non-hydrogen) atoms. The number of nitrogens with zero attached hydrogens (tertiary/aromatic N) is 1. The molecule has 2 heterocycles. The van der Waals surface area contributed by atoms with Crippen molar-refractivity contribution in [1.82, 2.24) is 15.8 Å². The number of amides is 2. The van der Waals surface area contributed by atoms with Crippen LogP contribution in [0.3, 0.4) is 0 Å². The Hall–Kier alpha value is -2.77. The Morgan fingerprint density at radius 2 is 1.79 bits per heavy atom. The highest BCUT2D eigenvalue weighted by Gasteiger charge is 2.52. The maximum absolute atomic E-state index is 13.9. The third kappa shape index (κ3) is 7.67. The maximum atomic E-state index is 13.9. The smallest absolute Gasteiger partial charge is 0.480 e. The third-order valence-electron chi connectivity index (χ3n) is 6.99. The summed E-state index contributed by atoms with van der Waals surface area (Å²) in [5.74, 6) is -1.73. The number of carbonyl (C=O) groups excluding carboxylic acids is 2. The molecule has 1 aromatic carbocycles. The Morgan fingerprint density at radius 1 is 1.18 bits per heavy atom. The van der Waals surface area contributed by atoms with Gasteiger partial charge in [0.05, 0.1) is 11.2 Å². The number of aliphatic carboxylic acids is 1. The topological polar surface area (TPSA) is 126 Å². The molecule has 2 saturated heterocycles. The quantitative estimate of drug-likeness (QED) is 0.440. The van der Waals surface area contributed by atoms with Gasteiger partial charge in [0, 0.05) is 18.5 Å². The Balaban J connectivity index is 1.93. The normalized spacial score (nSPS) is 21.5. The summed E-state index contributed by atoms with van der Waals surface area (Å²) in [5, 5.41) is 13.1. The van der Waals surface area contributed by atoms with Gasteiger partial charge in [-0.1, -0.05) is 18.2 Å². The Labute approximate surface area is 227 Å². The molecule has 0 aliphatic carbocycles. The highest BCUT2D eigenvalue weighted by Crippen LogP contribution is 2.37. The predicted molar refractivity (Wildman–Crippen MR) is 139 cm³/mol. The van der Waals surface area contributed by atoms with Crippen molar-refractivity contribution in [3.8, 4) is 0 Å². The first-order valence-electron chi connectivity index (χ1n) is 13.0. The fraction of sp³-hybridized carbons (Fsp3) is 0.654. The van der Waals surface area contributed by atoms with E-state index in [0.29, 0.717) is 23.9 Å². The molecule has 0 bridgehead atoms. The van der Waals surface area contributed by atoms with Gasteiger partial charge in [-0.25, -0.2) is 19.0 Å². The molecule has 3 N–H and O–H groups in total. The summed E-state index contributed by atoms with van der Waals surface area (Å²) in [6.45, 7) is 12.6. The highest BCUT2D eigenvalue weighted by atomic mass is 19.3. The van der Waals surface area contributed by atoms with Gasteiger partial charge in [0.25, 0.3) is 12.3 Å². The van der Waals surface area contributed by atoms with E-state index in [1.165, 1.54) is 12.1 Å². The second-order valence-corrected chi connectivity index (χ2v) is 12.0. The van der Waals surface area contributed by atoms with Crippen LogP contribution in [0, 0.1) is 0 Å². The number of nitrogens with one attached hydrogen (secondary N) is 2. The standard InChI is InChI=1S/C26H38BF2N3O7/c1-24(2,3)37-23(36)30-19(21(33)32-10-8-9-18(31-32)22(34)35)13-15-11-16(20(28)29)14-17(12-15)27-38-25(4,5)26(6,7)39-27/h11-12,14,18-20,31H,8-10,13H2,1-7H3,(H,30,36)(H,34,35)/t18?,19-/m0/s1. The van der Waals surface area contributed by atoms with Crippen LogP contribution in [0.5, 0.6) is 0 Å². The van der Waals surface area contributed by atoms with Crippen molar-refractivity contribution in [2.45, 2.75) is 103 Å². The summed E-state index contributed by atoms with van der Waals surface area (Å²) in [7, 11) is -0.916. The van der Waals surface area contributed by atoms with Gasteiger partial charge in [-0.05, 0) is 72.3 Å². The zero-order valence-corrected chi connectivity index (χ0v) is 23.5. The van der Waals surface area contributed by atoms with Crippen LogP contribution in [0.4, 0.5) is 13.6 Å². The maximum Gasteiger partial charge on any atom is 0.494 e. The van der Waals surface area contributed by atoms with Crippen LogP contribution in [0.25, 0.3) is 0 Å². The molecule has 0 aromatic heterocycles. The fourth-order valence-electron chi connectivity index (χ4n) is 4.30. The van der Waals surface area contributed by atoms with E-state index in [2.05, 4.69) is 10.7 Å². The van der Waals surface area contributed by atoms with E-state index in [4.69, 9.17) is 14.0 Å². The molecular formula is C26H38BF2N3O7. The minimum Gasteiger partial charge on any atom is -0.480 e. The van der Waals surface area contributed by atoms with Crippen molar-refractivity contribution in [3.05, 3.63) is 29.3 Å². The second kappa shape index (κ2) is 11.4. The van der Waals surface area contributed by atoms with Gasteiger partial charge in [0.1, 0.15) is 17.7 Å². The van der Waals surface area contributed by atoms with E-state index in [-0.39, 0.29) is 18.5 Å². The number of alkyl carbamates (subject to hydrolysis) is 1. The Kier molecular flexibility index (Phi) is 8.98. The second-order valence-electron chi connectivity index (χ2n) is 12.0. The molecular weight excluding hydrogens is 515 g/mol. The van der Waals surface area contributed by atoms with E-state index in [9.17, 15) is 28.3 Å². The molecule has 2 aliphatic heterocycles. The van der Waals surface area contributed by atoms with Gasteiger partial charge >= 0.3 is 19.2 Å². The van der Waals surface area contributed by atoms with Crippen LogP contribution in [0.2, 0.25) is 0 Å². The molecule has 2 atom stereocenters. The number of rotatable bonds is 7. The molecule has 2 amide bonds. The number of ether oxygens (including phenoxy) is 1. The Bertz CT molecular complexity index is 1080. The summed E-state index contributed by atoms with van der Waals surface area (Å²) in [6, 6.07) is 1.97. The summed E-state index contributed by atoms with van der Waals surface area (Å²) in [4.78, 5) is 37.6. The number of benzene rings is 1. The van der Waals surface area contributed by atoms with Crippen molar-refractivity contribution in [3.63, 3.8) is 0 Å². The number of hydrogen-bond donors (Lipinski definition) is 3. The van der Waals surface area contributed by atoms with E-state index < -0.39 is 60.4 Å². The van der Waals surface area contributed by atoms with Crippen LogP contribution in [0.1, 0.15) is 78.9 Å². The predicted octanol–water partition coefficient (Wildman–Crippen LogP) is 2.94. The molecule has 0 radical (unpaired) electrons. The zero-order chi connectivity index (χ0) is 29.3. The fourth-order valence-corrected chi connectivity index (χ4v) is 4.30. The number of hydrazine groups is 1. The van der Waals surface area contributed by atoms with Crippen LogP contribution in [0.15, 0.2) is 18.2 Å². The van der Waals surface area contributed by atoms with Gasteiger partial charge in [-0.2, -0.15) is 0 Å². The van der Waals surface area contributed by atoms with Crippen molar-refractivity contribution < 1.29 is 42.3 Å². The lowest BCUT2D eigenvalue weighted by atomic mass is 9.77. The average Bonchev–Trinajstić information content (AvgIpc) is 3.03.